The van der Waals surface area contributed by atoms with E-state index in [1.807, 2.05) is 11.3 Å². The lowest BCUT2D eigenvalue weighted by Gasteiger charge is -2.27. The smallest absolute Gasteiger partial charge is 0.0473 e. The van der Waals surface area contributed by atoms with Crippen molar-refractivity contribution in [3.8, 4) is 66.8 Å². The quantitative estimate of drug-likeness (QED) is 0.130. The van der Waals surface area contributed by atoms with Gasteiger partial charge in [-0.05, 0) is 143 Å². The lowest BCUT2D eigenvalue weighted by atomic mass is 9.84. The van der Waals surface area contributed by atoms with Crippen molar-refractivity contribution in [3.63, 3.8) is 0 Å². The van der Waals surface area contributed by atoms with Crippen LogP contribution in [-0.2, 0) is 0 Å². The summed E-state index contributed by atoms with van der Waals surface area (Å²) in [6, 6.07) is 100. The van der Waals surface area contributed by atoms with Crippen LogP contribution in [-0.4, -0.2) is 0 Å². The summed E-state index contributed by atoms with van der Waals surface area (Å²) in [5, 5.41) is 7.60. The number of fused-ring (bicyclic) bond motifs is 6. The lowest BCUT2D eigenvalue weighted by molar-refractivity contribution is 1.28. The molecule has 1 nitrogen and oxygen atoms in total. The first-order chi connectivity index (χ1) is 34.7. The van der Waals surface area contributed by atoms with Crippen LogP contribution in [0.15, 0.2) is 273 Å². The maximum Gasteiger partial charge on any atom is 0.0473 e. The Morgan fingerprint density at radius 1 is 0.229 bits per heavy atom. The number of hydrogen-bond acceptors (Lipinski definition) is 2. The second-order valence-electron chi connectivity index (χ2n) is 18.0. The zero-order valence-electron chi connectivity index (χ0n) is 38.3. The number of rotatable bonds is 9. The second-order valence-corrected chi connectivity index (χ2v) is 19.1. The monoisotopic (exact) mass is 907 g/mol. The fourth-order valence-electron chi connectivity index (χ4n) is 10.6. The van der Waals surface area contributed by atoms with Gasteiger partial charge in [0, 0.05) is 37.2 Å². The van der Waals surface area contributed by atoms with E-state index < -0.39 is 0 Å². The van der Waals surface area contributed by atoms with Gasteiger partial charge in [-0.1, -0.05) is 218 Å². The molecule has 0 aliphatic rings. The van der Waals surface area contributed by atoms with E-state index in [0.29, 0.717) is 0 Å². The molecule has 0 atom stereocenters. The van der Waals surface area contributed by atoms with Gasteiger partial charge < -0.3 is 4.90 Å². The van der Waals surface area contributed by atoms with Crippen LogP contribution in [0.2, 0.25) is 0 Å². The molecule has 0 saturated carbocycles. The molecule has 0 amide bonds. The fraction of sp³-hybridized carbons (Fsp3) is 0. The summed E-state index contributed by atoms with van der Waals surface area (Å²) in [5.74, 6) is 0. The Hall–Kier alpha value is -8.82. The van der Waals surface area contributed by atoms with Gasteiger partial charge in [0.15, 0.2) is 0 Å². The highest BCUT2D eigenvalue weighted by molar-refractivity contribution is 7.26. The molecule has 13 aromatic rings. The van der Waals surface area contributed by atoms with E-state index in [0.717, 1.165) is 39.3 Å². The zero-order chi connectivity index (χ0) is 46.4. The molecule has 0 aliphatic heterocycles. The first-order valence-corrected chi connectivity index (χ1v) is 24.8. The predicted molar refractivity (Wildman–Crippen MR) is 302 cm³/mol. The van der Waals surface area contributed by atoms with Crippen molar-refractivity contribution in [3.05, 3.63) is 273 Å². The van der Waals surface area contributed by atoms with Crippen molar-refractivity contribution in [2.75, 3.05) is 4.90 Å². The Labute approximate surface area is 412 Å². The highest BCUT2D eigenvalue weighted by Crippen LogP contribution is 2.47. The van der Waals surface area contributed by atoms with Crippen molar-refractivity contribution in [1.29, 1.82) is 0 Å². The third-order valence-electron chi connectivity index (χ3n) is 13.8. The standard InChI is InChI=1S/C68H45NS/c1-5-19-46(20-6-1)53-41-54(47-21-7-2-8-22-47)44-57(43-53)69(55-38-35-48(36-39-55)58-32-18-33-63-61-30-15-16-34-65(61)70-68(58)63)56-28-17-27-51(42-56)52-37-40-60-59-29-13-14-31-62(59)66(49-23-9-3-10-24-49)67(64(60)45-52)50-25-11-4-12-26-50/h1-45H. The summed E-state index contributed by atoms with van der Waals surface area (Å²) >= 11 is 1.88. The van der Waals surface area contributed by atoms with Gasteiger partial charge in [-0.25, -0.2) is 0 Å². The second kappa shape index (κ2) is 17.7. The summed E-state index contributed by atoms with van der Waals surface area (Å²) in [7, 11) is 0. The number of benzene rings is 12. The van der Waals surface area contributed by atoms with E-state index in [1.54, 1.807) is 0 Å². The third-order valence-corrected chi connectivity index (χ3v) is 15.0. The summed E-state index contributed by atoms with van der Waals surface area (Å²) in [5.41, 5.74) is 17.6. The van der Waals surface area contributed by atoms with E-state index in [2.05, 4.69) is 278 Å². The Balaban J connectivity index is 1.01. The largest absolute Gasteiger partial charge is 0.310 e. The van der Waals surface area contributed by atoms with Crippen molar-refractivity contribution in [2.24, 2.45) is 0 Å². The molecule has 0 unspecified atom stereocenters. The van der Waals surface area contributed by atoms with E-state index >= 15 is 0 Å². The minimum absolute atomic E-state index is 1.08. The SMILES string of the molecule is c1ccc(-c2cc(-c3ccccc3)cc(N(c3ccc(-c4cccc5c4sc4ccccc45)cc3)c3cccc(-c4ccc5c(c4)c(-c4ccccc4)c(-c4ccccc4)c4ccccc45)c3)c2)cc1. The highest BCUT2D eigenvalue weighted by atomic mass is 32.1. The van der Waals surface area contributed by atoms with Crippen LogP contribution in [0.3, 0.4) is 0 Å². The van der Waals surface area contributed by atoms with Crippen LogP contribution in [0.25, 0.3) is 108 Å². The van der Waals surface area contributed by atoms with Crippen LogP contribution in [0, 0.1) is 0 Å². The van der Waals surface area contributed by atoms with Crippen LogP contribution in [0.1, 0.15) is 0 Å². The van der Waals surface area contributed by atoms with Crippen molar-refractivity contribution in [1.82, 2.24) is 0 Å². The van der Waals surface area contributed by atoms with Crippen LogP contribution in [0.5, 0.6) is 0 Å². The molecule has 0 fully saturated rings. The van der Waals surface area contributed by atoms with Gasteiger partial charge in [0.25, 0.3) is 0 Å². The number of thiophene rings is 1. The molecule has 2 heteroatoms. The maximum absolute atomic E-state index is 2.43. The van der Waals surface area contributed by atoms with Gasteiger partial charge in [-0.3, -0.25) is 0 Å². The molecule has 0 spiro atoms. The highest BCUT2D eigenvalue weighted by Gasteiger charge is 2.21. The first kappa shape index (κ1) is 41.4. The van der Waals surface area contributed by atoms with Crippen LogP contribution >= 0.6 is 11.3 Å². The van der Waals surface area contributed by atoms with E-state index in [1.165, 1.54) is 86.2 Å². The van der Waals surface area contributed by atoms with Gasteiger partial charge in [0.2, 0.25) is 0 Å². The molecule has 1 aromatic heterocycles. The first-order valence-electron chi connectivity index (χ1n) is 24.0. The molecule has 328 valence electrons. The molecule has 1 heterocycles. The fourth-order valence-corrected chi connectivity index (χ4v) is 11.8. The summed E-state index contributed by atoms with van der Waals surface area (Å²) in [4.78, 5) is 2.43. The molecule has 13 rings (SSSR count). The Kier molecular flexibility index (Phi) is 10.5. The Morgan fingerprint density at radius 2 is 0.700 bits per heavy atom. The summed E-state index contributed by atoms with van der Waals surface area (Å²) in [6.07, 6.45) is 0. The topological polar surface area (TPSA) is 3.24 Å². The predicted octanol–water partition coefficient (Wildman–Crippen LogP) is 19.8. The Morgan fingerprint density at radius 3 is 1.36 bits per heavy atom. The molecular weight excluding hydrogens is 863 g/mol. The number of hydrogen-bond donors (Lipinski definition) is 0. The molecule has 0 bridgehead atoms. The average molecular weight is 908 g/mol. The minimum Gasteiger partial charge on any atom is -0.310 e. The van der Waals surface area contributed by atoms with Crippen LogP contribution in [0.4, 0.5) is 17.1 Å². The molecular formula is C68H45NS. The lowest BCUT2D eigenvalue weighted by Crippen LogP contribution is -2.10. The molecule has 0 N–H and O–H groups in total. The minimum atomic E-state index is 1.08. The van der Waals surface area contributed by atoms with Gasteiger partial charge in [-0.2, -0.15) is 0 Å². The molecule has 70 heavy (non-hydrogen) atoms. The normalized spacial score (nSPS) is 11.4. The summed E-state index contributed by atoms with van der Waals surface area (Å²) < 4.78 is 2.63. The van der Waals surface area contributed by atoms with E-state index in [-0.39, 0.29) is 0 Å². The van der Waals surface area contributed by atoms with Gasteiger partial charge in [0.05, 0.1) is 0 Å². The molecule has 12 aromatic carbocycles. The maximum atomic E-state index is 2.43. The zero-order valence-corrected chi connectivity index (χ0v) is 39.2. The van der Waals surface area contributed by atoms with Gasteiger partial charge >= 0.3 is 0 Å². The van der Waals surface area contributed by atoms with Crippen molar-refractivity contribution in [2.45, 2.75) is 0 Å². The van der Waals surface area contributed by atoms with Gasteiger partial charge in [-0.15, -0.1) is 11.3 Å². The van der Waals surface area contributed by atoms with Crippen molar-refractivity contribution >= 4 is 70.1 Å². The van der Waals surface area contributed by atoms with Crippen LogP contribution < -0.4 is 4.90 Å². The summed E-state index contributed by atoms with van der Waals surface area (Å²) in [6.45, 7) is 0. The van der Waals surface area contributed by atoms with E-state index in [9.17, 15) is 0 Å². The van der Waals surface area contributed by atoms with Crippen molar-refractivity contribution < 1.29 is 0 Å². The Bertz CT molecular complexity index is 3970. The molecule has 0 saturated heterocycles. The molecule has 0 radical (unpaired) electrons. The van der Waals surface area contributed by atoms with E-state index in [4.69, 9.17) is 0 Å². The molecule has 0 aliphatic carbocycles. The third kappa shape index (κ3) is 7.43. The number of anilines is 3. The van der Waals surface area contributed by atoms with Gasteiger partial charge in [0.1, 0.15) is 0 Å². The number of nitrogens with zero attached hydrogens (tertiary/aromatic N) is 1. The average Bonchev–Trinajstić information content (AvgIpc) is 3.83.